The van der Waals surface area contributed by atoms with E-state index in [1.807, 2.05) is 25.1 Å². The van der Waals surface area contributed by atoms with E-state index in [2.05, 4.69) is 6.07 Å². The molecule has 4 rings (SSSR count). The van der Waals surface area contributed by atoms with Gasteiger partial charge < -0.3 is 4.90 Å². The Kier molecular flexibility index (Phi) is 7.10. The maximum Gasteiger partial charge on any atom is 0.243 e. The summed E-state index contributed by atoms with van der Waals surface area (Å²) in [5, 5.41) is 0.705. The first-order valence-electron chi connectivity index (χ1n) is 10.6. The highest BCUT2D eigenvalue weighted by atomic mass is 35.5. The summed E-state index contributed by atoms with van der Waals surface area (Å²) in [6.07, 6.45) is 0.739. The summed E-state index contributed by atoms with van der Waals surface area (Å²) in [4.78, 5) is 15.1. The number of hydrogen-bond acceptors (Lipinski definition) is 3. The Balaban J connectivity index is 1.64. The lowest BCUT2D eigenvalue weighted by atomic mass is 10.00. The van der Waals surface area contributed by atoms with Crippen LogP contribution < -0.4 is 0 Å². The summed E-state index contributed by atoms with van der Waals surface area (Å²) < 4.78 is 28.3. The van der Waals surface area contributed by atoms with Crippen LogP contribution >= 0.6 is 23.2 Å². The molecular weight excluding hydrogens is 479 g/mol. The standard InChI is InChI=1S/C25H24Cl2N2O3S/c1-18-9-11-21(12-10-18)33(31,32)29(16-22-23(26)7-4-8-24(22)27)17-25(30)28-14-13-19-5-2-3-6-20(19)15-28/h2-12H,13-17H2,1H3. The third-order valence-electron chi connectivity index (χ3n) is 5.85. The van der Waals surface area contributed by atoms with E-state index >= 15 is 0 Å². The van der Waals surface area contributed by atoms with Crippen molar-refractivity contribution in [1.29, 1.82) is 0 Å². The maximum absolute atomic E-state index is 13.6. The van der Waals surface area contributed by atoms with E-state index in [1.165, 1.54) is 5.56 Å². The zero-order valence-corrected chi connectivity index (χ0v) is 20.5. The van der Waals surface area contributed by atoms with E-state index in [0.29, 0.717) is 28.7 Å². The van der Waals surface area contributed by atoms with Crippen LogP contribution in [0.2, 0.25) is 10.0 Å². The van der Waals surface area contributed by atoms with Gasteiger partial charge in [-0.3, -0.25) is 4.79 Å². The average molecular weight is 503 g/mol. The van der Waals surface area contributed by atoms with Gasteiger partial charge in [-0.15, -0.1) is 0 Å². The van der Waals surface area contributed by atoms with Crippen molar-refractivity contribution in [1.82, 2.24) is 9.21 Å². The van der Waals surface area contributed by atoms with Crippen LogP contribution in [0.1, 0.15) is 22.3 Å². The average Bonchev–Trinajstić information content (AvgIpc) is 2.80. The van der Waals surface area contributed by atoms with E-state index in [-0.39, 0.29) is 23.9 Å². The minimum absolute atomic E-state index is 0.106. The SMILES string of the molecule is Cc1ccc(S(=O)(=O)N(CC(=O)N2CCc3ccccc3C2)Cc2c(Cl)cccc2Cl)cc1. The number of benzene rings is 3. The number of aryl methyl sites for hydroxylation is 1. The lowest BCUT2D eigenvalue weighted by molar-refractivity contribution is -0.132. The van der Waals surface area contributed by atoms with Crippen molar-refractivity contribution in [3.05, 3.63) is 99.0 Å². The number of rotatable bonds is 6. The zero-order valence-electron chi connectivity index (χ0n) is 18.2. The Bertz CT molecular complexity index is 1260. The van der Waals surface area contributed by atoms with Crippen molar-refractivity contribution in [3.8, 4) is 0 Å². The molecule has 0 N–H and O–H groups in total. The summed E-state index contributed by atoms with van der Waals surface area (Å²) in [6.45, 7) is 2.47. The van der Waals surface area contributed by atoms with Gasteiger partial charge in [-0.1, -0.05) is 71.2 Å². The fourth-order valence-corrected chi connectivity index (χ4v) is 5.78. The van der Waals surface area contributed by atoms with Crippen LogP contribution in [0.3, 0.4) is 0 Å². The highest BCUT2D eigenvalue weighted by Gasteiger charge is 2.31. The van der Waals surface area contributed by atoms with Gasteiger partial charge in [0.15, 0.2) is 0 Å². The van der Waals surface area contributed by atoms with Crippen LogP contribution in [-0.4, -0.2) is 36.6 Å². The quantitative estimate of drug-likeness (QED) is 0.472. The van der Waals surface area contributed by atoms with E-state index < -0.39 is 10.0 Å². The fourth-order valence-electron chi connectivity index (χ4n) is 3.90. The van der Waals surface area contributed by atoms with Gasteiger partial charge in [-0.2, -0.15) is 4.31 Å². The van der Waals surface area contributed by atoms with E-state index in [1.54, 1.807) is 47.4 Å². The van der Waals surface area contributed by atoms with E-state index in [9.17, 15) is 13.2 Å². The molecule has 3 aromatic carbocycles. The number of carbonyl (C=O) groups is 1. The summed E-state index contributed by atoms with van der Waals surface area (Å²) in [7, 11) is -3.98. The second kappa shape index (κ2) is 9.85. The van der Waals surface area contributed by atoms with Gasteiger partial charge in [0.2, 0.25) is 15.9 Å². The number of sulfonamides is 1. The Hall–Kier alpha value is -2.38. The fraction of sp³-hybridized carbons (Fsp3) is 0.240. The normalized spacial score (nSPS) is 13.8. The molecular formula is C25H24Cl2N2O3S. The van der Waals surface area contributed by atoms with Crippen LogP contribution in [0.4, 0.5) is 0 Å². The molecule has 1 amide bonds. The molecule has 0 radical (unpaired) electrons. The number of hydrogen-bond donors (Lipinski definition) is 0. The maximum atomic E-state index is 13.6. The van der Waals surface area contributed by atoms with Crippen LogP contribution in [-0.2, 0) is 34.3 Å². The van der Waals surface area contributed by atoms with Crippen molar-refractivity contribution in [3.63, 3.8) is 0 Å². The molecule has 1 aliphatic heterocycles. The summed E-state index contributed by atoms with van der Waals surface area (Å²) >= 11 is 12.7. The van der Waals surface area contributed by atoms with Gasteiger partial charge in [-0.25, -0.2) is 8.42 Å². The highest BCUT2D eigenvalue weighted by molar-refractivity contribution is 7.89. The smallest absolute Gasteiger partial charge is 0.243 e. The second-order valence-corrected chi connectivity index (χ2v) is 10.9. The highest BCUT2D eigenvalue weighted by Crippen LogP contribution is 2.29. The molecule has 0 atom stereocenters. The first-order valence-corrected chi connectivity index (χ1v) is 12.8. The molecule has 0 spiro atoms. The lowest BCUT2D eigenvalue weighted by Gasteiger charge is -2.31. The van der Waals surface area contributed by atoms with Gasteiger partial charge >= 0.3 is 0 Å². The van der Waals surface area contributed by atoms with Crippen molar-refractivity contribution < 1.29 is 13.2 Å². The number of nitrogens with zero attached hydrogens (tertiary/aromatic N) is 2. The van der Waals surface area contributed by atoms with Crippen molar-refractivity contribution >= 4 is 39.1 Å². The monoisotopic (exact) mass is 502 g/mol. The summed E-state index contributed by atoms with van der Waals surface area (Å²) in [5.74, 6) is -0.261. The van der Waals surface area contributed by atoms with Gasteiger partial charge in [0.05, 0.1) is 11.4 Å². The third-order valence-corrected chi connectivity index (χ3v) is 8.36. The third kappa shape index (κ3) is 5.25. The Labute approximate surface area is 204 Å². The molecule has 0 aliphatic carbocycles. The van der Waals surface area contributed by atoms with Crippen LogP contribution in [0.25, 0.3) is 0 Å². The molecule has 0 bridgehead atoms. The Morgan fingerprint density at radius 2 is 1.58 bits per heavy atom. The van der Waals surface area contributed by atoms with Crippen molar-refractivity contribution in [2.75, 3.05) is 13.1 Å². The molecule has 0 unspecified atom stereocenters. The first kappa shape index (κ1) is 23.8. The van der Waals surface area contributed by atoms with Crippen LogP contribution in [0.15, 0.2) is 71.6 Å². The summed E-state index contributed by atoms with van der Waals surface area (Å²) in [5.41, 5.74) is 3.71. The first-order chi connectivity index (χ1) is 15.8. The number of fused-ring (bicyclic) bond motifs is 1. The minimum atomic E-state index is -3.98. The van der Waals surface area contributed by atoms with Gasteiger partial charge in [0, 0.05) is 35.2 Å². The molecule has 172 valence electrons. The van der Waals surface area contributed by atoms with E-state index in [4.69, 9.17) is 23.2 Å². The molecule has 0 saturated heterocycles. The number of carbonyl (C=O) groups excluding carboxylic acids is 1. The lowest BCUT2D eigenvalue weighted by Crippen LogP contribution is -2.44. The topological polar surface area (TPSA) is 57.7 Å². The molecule has 3 aromatic rings. The minimum Gasteiger partial charge on any atom is -0.337 e. The van der Waals surface area contributed by atoms with Gasteiger partial charge in [0.25, 0.3) is 0 Å². The van der Waals surface area contributed by atoms with Gasteiger partial charge in [-0.05, 0) is 48.7 Å². The Morgan fingerprint density at radius 1 is 0.939 bits per heavy atom. The largest absolute Gasteiger partial charge is 0.337 e. The predicted molar refractivity (Wildman–Crippen MR) is 131 cm³/mol. The molecule has 1 heterocycles. The van der Waals surface area contributed by atoms with Crippen LogP contribution in [0, 0.1) is 6.92 Å². The van der Waals surface area contributed by atoms with Crippen LogP contribution in [0.5, 0.6) is 0 Å². The molecule has 5 nitrogen and oxygen atoms in total. The zero-order chi connectivity index (χ0) is 23.6. The van der Waals surface area contributed by atoms with E-state index in [0.717, 1.165) is 21.9 Å². The number of halogens is 2. The molecule has 0 aromatic heterocycles. The molecule has 8 heteroatoms. The molecule has 33 heavy (non-hydrogen) atoms. The Morgan fingerprint density at radius 3 is 2.24 bits per heavy atom. The number of amides is 1. The van der Waals surface area contributed by atoms with Crippen molar-refractivity contribution in [2.24, 2.45) is 0 Å². The molecule has 0 saturated carbocycles. The molecule has 1 aliphatic rings. The van der Waals surface area contributed by atoms with Gasteiger partial charge in [0.1, 0.15) is 0 Å². The van der Waals surface area contributed by atoms with Crippen molar-refractivity contribution in [2.45, 2.75) is 31.3 Å². The predicted octanol–water partition coefficient (Wildman–Crippen LogP) is 5.08. The molecule has 0 fully saturated rings. The summed E-state index contributed by atoms with van der Waals surface area (Å²) in [6, 6.07) is 19.6. The second-order valence-electron chi connectivity index (χ2n) is 8.12.